The number of hydrogen-bond donors (Lipinski definition) is 1. The lowest BCUT2D eigenvalue weighted by Crippen LogP contribution is -2.48. The molecule has 3 aromatic heterocycles. The van der Waals surface area contributed by atoms with Gasteiger partial charge in [-0.25, -0.2) is 15.0 Å². The summed E-state index contributed by atoms with van der Waals surface area (Å²) >= 11 is 1.51. The zero-order valence-corrected chi connectivity index (χ0v) is 24.2. The van der Waals surface area contributed by atoms with E-state index in [4.69, 9.17) is 10.7 Å². The number of aromatic nitrogens is 4. The summed E-state index contributed by atoms with van der Waals surface area (Å²) < 4.78 is 1.97. The van der Waals surface area contributed by atoms with Crippen LogP contribution in [0.15, 0.2) is 105 Å². The standard InChI is InChI=1S/C16H16N4.C15H20N4OS/c1-4-12(2)20-15-13(8-7-10-17-15)18-16(20)14-9-5-6-11-19(14)3;1-3-5-12(4-2)14(20)19-8-6-18(7-9-19)11-13-10-17-15(16)21-13/h4-11,14H,1-2H2,3H3;3-5,10H,1-2,6-9,11H2,(H2,16,17)/b;12-5+. The van der Waals surface area contributed by atoms with E-state index in [1.807, 2.05) is 53.2 Å². The van der Waals surface area contributed by atoms with Crippen LogP contribution in [0.5, 0.6) is 0 Å². The number of nitrogens with zero attached hydrogens (tertiary/aromatic N) is 7. The zero-order valence-electron chi connectivity index (χ0n) is 23.4. The van der Waals surface area contributed by atoms with Gasteiger partial charge in [0.25, 0.3) is 5.91 Å². The monoisotopic (exact) mass is 568 g/mol. The van der Waals surface area contributed by atoms with Gasteiger partial charge < -0.3 is 15.5 Å². The third-order valence-corrected chi connectivity index (χ3v) is 7.58. The molecule has 0 aliphatic carbocycles. The number of carbonyl (C=O) groups is 1. The fourth-order valence-corrected chi connectivity index (χ4v) is 5.34. The summed E-state index contributed by atoms with van der Waals surface area (Å²) in [5.41, 5.74) is 8.67. The fourth-order valence-electron chi connectivity index (χ4n) is 4.62. The Morgan fingerprint density at radius 3 is 2.56 bits per heavy atom. The molecule has 0 bridgehead atoms. The Balaban J connectivity index is 0.000000189. The van der Waals surface area contributed by atoms with E-state index < -0.39 is 0 Å². The maximum absolute atomic E-state index is 12.3. The molecule has 0 spiro atoms. The van der Waals surface area contributed by atoms with E-state index >= 15 is 0 Å². The van der Waals surface area contributed by atoms with Crippen LogP contribution >= 0.6 is 11.3 Å². The topological polar surface area (TPSA) is 96.4 Å². The number of pyridine rings is 1. The van der Waals surface area contributed by atoms with Gasteiger partial charge in [-0.15, -0.1) is 11.3 Å². The molecule has 0 radical (unpaired) electrons. The minimum Gasteiger partial charge on any atom is -0.375 e. The number of thiazole rings is 1. The van der Waals surface area contributed by atoms with Gasteiger partial charge >= 0.3 is 0 Å². The second-order valence-electron chi connectivity index (χ2n) is 9.48. The van der Waals surface area contributed by atoms with Gasteiger partial charge in [0.15, 0.2) is 10.8 Å². The predicted molar refractivity (Wildman–Crippen MR) is 169 cm³/mol. The lowest BCUT2D eigenvalue weighted by atomic mass is 10.2. The Kier molecular flexibility index (Phi) is 9.83. The summed E-state index contributed by atoms with van der Waals surface area (Å²) in [6.07, 6.45) is 18.4. The third kappa shape index (κ3) is 6.97. The SMILES string of the molecule is C=C/C=C(\C=C)C(=O)N1CCN(Cc2cnc(N)s2)CC1.C=CC(=C)n1c(C2C=CC=CN2C)nc2cccnc21. The maximum atomic E-state index is 12.3. The van der Waals surface area contributed by atoms with Crippen molar-refractivity contribution in [2.24, 2.45) is 0 Å². The number of fused-ring (bicyclic) bond motifs is 1. The molecule has 1 saturated heterocycles. The van der Waals surface area contributed by atoms with Gasteiger partial charge in [-0.1, -0.05) is 56.7 Å². The van der Waals surface area contributed by atoms with Crippen LogP contribution in [0.3, 0.4) is 0 Å². The highest BCUT2D eigenvalue weighted by Crippen LogP contribution is 2.28. The summed E-state index contributed by atoms with van der Waals surface area (Å²) in [7, 11) is 2.03. The first-order chi connectivity index (χ1) is 19.9. The molecule has 0 aromatic carbocycles. The highest BCUT2D eigenvalue weighted by atomic mass is 32.1. The Labute approximate surface area is 245 Å². The lowest BCUT2D eigenvalue weighted by molar-refractivity contribution is -0.128. The molecule has 212 valence electrons. The molecular formula is C31H36N8OS. The number of piperazine rings is 1. The molecule has 2 aliphatic heterocycles. The minimum atomic E-state index is 0.0200. The van der Waals surface area contributed by atoms with Crippen molar-refractivity contribution in [2.45, 2.75) is 12.6 Å². The molecule has 10 heteroatoms. The van der Waals surface area contributed by atoms with E-state index in [1.54, 1.807) is 30.5 Å². The number of likely N-dealkylation sites (N-methyl/N-ethyl adjacent to an activating group) is 1. The average Bonchev–Trinajstić information content (AvgIpc) is 3.59. The molecule has 1 atom stereocenters. The number of carbonyl (C=O) groups excluding carboxylic acids is 1. The van der Waals surface area contributed by atoms with Gasteiger partial charge in [-0.2, -0.15) is 0 Å². The molecule has 41 heavy (non-hydrogen) atoms. The van der Waals surface area contributed by atoms with Gasteiger partial charge in [-0.3, -0.25) is 14.3 Å². The van der Waals surface area contributed by atoms with E-state index in [0.29, 0.717) is 10.7 Å². The van der Waals surface area contributed by atoms with Gasteiger partial charge in [0.1, 0.15) is 17.4 Å². The highest BCUT2D eigenvalue weighted by Gasteiger charge is 2.24. The number of nitrogen functional groups attached to an aromatic ring is 1. The van der Waals surface area contributed by atoms with Crippen molar-refractivity contribution in [3.63, 3.8) is 0 Å². The average molecular weight is 569 g/mol. The smallest absolute Gasteiger partial charge is 0.253 e. The van der Waals surface area contributed by atoms with Crippen LogP contribution in [0.25, 0.3) is 16.9 Å². The minimum absolute atomic E-state index is 0.0200. The number of allylic oxidation sites excluding steroid dienone is 6. The number of nitrogens with two attached hydrogens (primary N) is 1. The molecule has 5 heterocycles. The Morgan fingerprint density at radius 1 is 1.15 bits per heavy atom. The van der Waals surface area contributed by atoms with Crippen LogP contribution in [-0.2, 0) is 11.3 Å². The van der Waals surface area contributed by atoms with Crippen LogP contribution in [0.2, 0.25) is 0 Å². The quantitative estimate of drug-likeness (QED) is 0.308. The summed E-state index contributed by atoms with van der Waals surface area (Å²) in [6, 6.07) is 3.91. The Morgan fingerprint density at radius 2 is 1.93 bits per heavy atom. The zero-order chi connectivity index (χ0) is 29.4. The van der Waals surface area contributed by atoms with E-state index in [0.717, 1.165) is 60.3 Å². The molecule has 1 fully saturated rings. The summed E-state index contributed by atoms with van der Waals surface area (Å²) in [6.45, 7) is 19.1. The summed E-state index contributed by atoms with van der Waals surface area (Å²) in [5.74, 6) is 0.915. The second kappa shape index (κ2) is 13.7. The molecular weight excluding hydrogens is 532 g/mol. The second-order valence-corrected chi connectivity index (χ2v) is 10.6. The number of hydrogen-bond acceptors (Lipinski definition) is 8. The molecule has 1 amide bonds. The summed E-state index contributed by atoms with van der Waals surface area (Å²) in [4.78, 5) is 32.9. The van der Waals surface area contributed by atoms with E-state index in [2.05, 4.69) is 52.2 Å². The fraction of sp³-hybridized carbons (Fsp3) is 0.226. The summed E-state index contributed by atoms with van der Waals surface area (Å²) in [5, 5.41) is 0.601. The first kappa shape index (κ1) is 29.4. The van der Waals surface area contributed by atoms with Crippen LogP contribution in [-0.4, -0.2) is 73.4 Å². The lowest BCUT2D eigenvalue weighted by Gasteiger charge is -2.34. The number of rotatable bonds is 8. The molecule has 5 rings (SSSR count). The van der Waals surface area contributed by atoms with Crippen molar-refractivity contribution in [1.29, 1.82) is 0 Å². The molecule has 2 aliphatic rings. The maximum Gasteiger partial charge on any atom is 0.253 e. The van der Waals surface area contributed by atoms with Crippen LogP contribution in [0.1, 0.15) is 16.7 Å². The molecule has 0 saturated carbocycles. The van der Waals surface area contributed by atoms with Gasteiger partial charge in [0.2, 0.25) is 0 Å². The number of imidazole rings is 1. The first-order valence-corrected chi connectivity index (χ1v) is 14.1. The Hall–Kier alpha value is -4.54. The molecule has 3 aromatic rings. The number of anilines is 1. The van der Waals surface area contributed by atoms with Crippen LogP contribution < -0.4 is 5.73 Å². The van der Waals surface area contributed by atoms with E-state index in [9.17, 15) is 4.79 Å². The van der Waals surface area contributed by atoms with Crippen molar-refractivity contribution in [3.8, 4) is 0 Å². The highest BCUT2D eigenvalue weighted by molar-refractivity contribution is 7.15. The van der Waals surface area contributed by atoms with Crippen molar-refractivity contribution >= 4 is 39.2 Å². The van der Waals surface area contributed by atoms with E-state index in [-0.39, 0.29) is 11.9 Å². The predicted octanol–water partition coefficient (Wildman–Crippen LogP) is 4.81. The van der Waals surface area contributed by atoms with Gasteiger partial charge in [0, 0.05) is 68.3 Å². The largest absolute Gasteiger partial charge is 0.375 e. The molecule has 2 N–H and O–H groups in total. The van der Waals surface area contributed by atoms with Crippen molar-refractivity contribution in [3.05, 3.63) is 116 Å². The van der Waals surface area contributed by atoms with Crippen LogP contribution in [0.4, 0.5) is 5.13 Å². The molecule has 1 unspecified atom stereocenters. The van der Waals surface area contributed by atoms with Gasteiger partial charge in [-0.05, 0) is 30.5 Å². The van der Waals surface area contributed by atoms with E-state index in [1.165, 1.54) is 11.3 Å². The van der Waals surface area contributed by atoms with Gasteiger partial charge in [0.05, 0.1) is 0 Å². The number of amides is 1. The molecule has 9 nitrogen and oxygen atoms in total. The van der Waals surface area contributed by atoms with Crippen LogP contribution in [0, 0.1) is 0 Å². The third-order valence-electron chi connectivity index (χ3n) is 6.77. The van der Waals surface area contributed by atoms with Crippen molar-refractivity contribution in [1.82, 2.24) is 34.2 Å². The van der Waals surface area contributed by atoms with Crippen molar-refractivity contribution < 1.29 is 4.79 Å². The van der Waals surface area contributed by atoms with Crippen molar-refractivity contribution in [2.75, 3.05) is 39.0 Å². The first-order valence-electron chi connectivity index (χ1n) is 13.2. The Bertz CT molecular complexity index is 1520. The normalized spacial score (nSPS) is 17.2.